The summed E-state index contributed by atoms with van der Waals surface area (Å²) in [4.78, 5) is 44.1. The molecule has 2 amide bonds. The lowest BCUT2D eigenvalue weighted by molar-refractivity contribution is -0.141. The molecule has 6 atom stereocenters. The predicted octanol–water partition coefficient (Wildman–Crippen LogP) is 6.92. The number of phenols is 1. The largest absolute Gasteiger partial charge is 0.507 e. The fraction of sp³-hybridized carbons (Fsp3) is 0.415. The molecule has 0 spiro atoms. The number of hydrogen-bond acceptors (Lipinski definition) is 16. The van der Waals surface area contributed by atoms with E-state index in [2.05, 4.69) is 52.3 Å². The molecule has 3 saturated heterocycles. The molecule has 10 rings (SSSR count). The fourth-order valence-electron chi connectivity index (χ4n) is 10.5. The number of rotatable bonds is 14. The number of aromatic nitrogens is 5. The number of likely N-dealkylation sites (tertiary alicyclic amines) is 1. The highest BCUT2D eigenvalue weighted by Crippen LogP contribution is 2.41. The summed E-state index contributed by atoms with van der Waals surface area (Å²) >= 11 is 1.59. The fourth-order valence-corrected chi connectivity index (χ4v) is 11.3. The third-order valence-corrected chi connectivity index (χ3v) is 15.2. The van der Waals surface area contributed by atoms with Gasteiger partial charge >= 0.3 is 0 Å². The van der Waals surface area contributed by atoms with Crippen molar-refractivity contribution in [3.63, 3.8) is 0 Å². The van der Waals surface area contributed by atoms with Gasteiger partial charge in [-0.1, -0.05) is 62.1 Å². The summed E-state index contributed by atoms with van der Waals surface area (Å²) in [5.74, 6) is 6.56. The first-order valence-corrected chi connectivity index (χ1v) is 25.2. The van der Waals surface area contributed by atoms with Crippen molar-refractivity contribution in [1.29, 1.82) is 0 Å². The SMILES string of the molecule is Cc1ncsc1-c1ccc([C@H](C)NC(=O)[C@@H]2C[C@@H](O)CN2C(=O)[C@@H](c2cc(OCC#C[C@H]3C[C@@H](Oc4cc(N5C6CCC5CN(c5cc(-c7ccccc7O)nnc5N)C6)ccn4)C3)no2)C(C)C)cc1. The second kappa shape index (κ2) is 20.2. The number of thiazole rings is 1. The van der Waals surface area contributed by atoms with Gasteiger partial charge in [0.05, 0.1) is 39.6 Å². The molecule has 3 aliphatic heterocycles. The second-order valence-electron chi connectivity index (χ2n) is 19.4. The molecule has 18 heteroatoms. The van der Waals surface area contributed by atoms with Gasteiger partial charge in [0.2, 0.25) is 17.7 Å². The Morgan fingerprint density at radius 1 is 0.958 bits per heavy atom. The number of aliphatic hydroxyl groups excluding tert-OH is 1. The molecule has 2 unspecified atom stereocenters. The van der Waals surface area contributed by atoms with E-state index in [9.17, 15) is 19.8 Å². The van der Waals surface area contributed by atoms with E-state index >= 15 is 0 Å². The van der Waals surface area contributed by atoms with Gasteiger partial charge in [-0.2, -0.15) is 0 Å². The number of phenolic OH excluding ortho intramolecular Hbond substituents is 1. The Hall–Kier alpha value is -7.23. The number of aryl methyl sites for hydroxylation is 1. The number of benzene rings is 2. The van der Waals surface area contributed by atoms with Gasteiger partial charge in [0.25, 0.3) is 5.88 Å². The molecule has 4 fully saturated rings. The number of nitrogen functional groups attached to an aromatic ring is 1. The van der Waals surface area contributed by atoms with Crippen LogP contribution in [0.1, 0.15) is 81.9 Å². The molecule has 368 valence electrons. The Kier molecular flexibility index (Phi) is 13.5. The number of pyridine rings is 1. The van der Waals surface area contributed by atoms with Crippen molar-refractivity contribution in [2.75, 3.05) is 41.8 Å². The Labute approximate surface area is 416 Å². The minimum absolute atomic E-state index is 0.00189. The maximum atomic E-state index is 14.2. The van der Waals surface area contributed by atoms with Gasteiger partial charge in [0.1, 0.15) is 23.8 Å². The molecule has 0 radical (unpaired) electrons. The van der Waals surface area contributed by atoms with Gasteiger partial charge in [0.15, 0.2) is 18.2 Å². The molecule has 2 bridgehead atoms. The van der Waals surface area contributed by atoms with Crippen molar-refractivity contribution in [2.24, 2.45) is 11.8 Å². The van der Waals surface area contributed by atoms with Crippen LogP contribution in [0.3, 0.4) is 0 Å². The van der Waals surface area contributed by atoms with Crippen molar-refractivity contribution in [2.45, 2.75) is 102 Å². The van der Waals surface area contributed by atoms with E-state index in [1.165, 1.54) is 4.90 Å². The van der Waals surface area contributed by atoms with E-state index in [0.29, 0.717) is 28.7 Å². The number of fused-ring (bicyclic) bond motifs is 2. The molecule has 17 nitrogen and oxygen atoms in total. The van der Waals surface area contributed by atoms with E-state index in [1.54, 1.807) is 29.5 Å². The van der Waals surface area contributed by atoms with Gasteiger partial charge in [-0.25, -0.2) is 9.97 Å². The van der Waals surface area contributed by atoms with Crippen molar-refractivity contribution >= 4 is 40.3 Å². The van der Waals surface area contributed by atoms with E-state index in [0.717, 1.165) is 71.8 Å². The topological polar surface area (TPSA) is 218 Å². The number of hydrogen-bond donors (Lipinski definition) is 4. The first kappa shape index (κ1) is 47.4. The minimum atomic E-state index is -0.846. The van der Waals surface area contributed by atoms with Gasteiger partial charge in [-0.3, -0.25) is 9.59 Å². The zero-order valence-corrected chi connectivity index (χ0v) is 41.0. The van der Waals surface area contributed by atoms with Crippen LogP contribution in [0.2, 0.25) is 0 Å². The second-order valence-corrected chi connectivity index (χ2v) is 20.2. The van der Waals surface area contributed by atoms with Gasteiger partial charge in [-0.15, -0.1) is 21.5 Å². The quantitative estimate of drug-likeness (QED) is 0.0815. The summed E-state index contributed by atoms with van der Waals surface area (Å²) in [6.07, 6.45) is 4.73. The molecule has 4 aliphatic rings. The first-order valence-electron chi connectivity index (χ1n) is 24.3. The van der Waals surface area contributed by atoms with E-state index in [1.807, 2.05) is 94.0 Å². The third kappa shape index (κ3) is 10.1. The Morgan fingerprint density at radius 3 is 2.46 bits per heavy atom. The van der Waals surface area contributed by atoms with Crippen molar-refractivity contribution in [1.82, 2.24) is 35.5 Å². The number of nitrogens with zero attached hydrogens (tertiary/aromatic N) is 8. The van der Waals surface area contributed by atoms with Crippen LogP contribution in [-0.4, -0.2) is 109 Å². The number of para-hydroxylation sites is 1. The van der Waals surface area contributed by atoms with Gasteiger partial charge < -0.3 is 50.0 Å². The lowest BCUT2D eigenvalue weighted by atomic mass is 9.83. The summed E-state index contributed by atoms with van der Waals surface area (Å²) in [5, 5.41) is 36.8. The predicted molar refractivity (Wildman–Crippen MR) is 269 cm³/mol. The average Bonchev–Trinajstić information content (AvgIpc) is 4.15. The number of β-amino-alcohol motifs (C(OH)–C–C–N with tert-alkyl or cyclic N) is 1. The number of anilines is 3. The highest BCUT2D eigenvalue weighted by Gasteiger charge is 2.44. The van der Waals surface area contributed by atoms with Crippen molar-refractivity contribution in [3.8, 4) is 51.0 Å². The lowest BCUT2D eigenvalue weighted by Crippen LogP contribution is -2.54. The summed E-state index contributed by atoms with van der Waals surface area (Å²) in [6, 6.07) is 22.1. The van der Waals surface area contributed by atoms with E-state index < -0.39 is 18.1 Å². The Balaban J connectivity index is 0.692. The number of carbonyl (C=O) groups excluding carboxylic acids is 2. The van der Waals surface area contributed by atoms with Crippen LogP contribution in [0, 0.1) is 30.6 Å². The average molecular weight is 979 g/mol. The molecule has 6 aromatic rings. The molecular formula is C53H58N10O7S. The standard InChI is InChI=1S/C53H58N10O7S/c1-30(2)49(53(67)62-28-39(64)23-44(62)52(66)57-31(3)34-11-13-35(14-12-34)50-32(4)56-29-71-50)46-25-48(60-70-46)68-19-7-8-33-20-40(21-33)69-47-22-36(17-18-55-47)63-37-15-16-38(63)27-61(26-37)43-24-42(58-59-51(43)54)41-9-5-6-10-45(41)65/h5-6,9-14,17-18,22,24-25,29-31,33,37-40,44,49,64-65H,15-16,19-21,23,26-28H2,1-4H3,(H2,54,59)(H,57,66)/t31-,33-,37?,38?,39+,40+,44-,49+/m0/s1. The van der Waals surface area contributed by atoms with E-state index in [-0.39, 0.29) is 79.1 Å². The highest BCUT2D eigenvalue weighted by molar-refractivity contribution is 7.13. The lowest BCUT2D eigenvalue weighted by Gasteiger charge is -2.43. The normalized spacial score (nSPS) is 22.4. The number of piperazine rings is 1. The van der Waals surface area contributed by atoms with Crippen molar-refractivity contribution in [3.05, 3.63) is 102 Å². The van der Waals surface area contributed by atoms with Crippen molar-refractivity contribution < 1.29 is 33.8 Å². The Bertz CT molecular complexity index is 2930. The Morgan fingerprint density at radius 2 is 1.73 bits per heavy atom. The molecule has 71 heavy (non-hydrogen) atoms. The van der Waals surface area contributed by atoms with Crippen LogP contribution >= 0.6 is 11.3 Å². The van der Waals surface area contributed by atoms with Crippen LogP contribution in [-0.2, 0) is 9.59 Å². The summed E-state index contributed by atoms with van der Waals surface area (Å²) in [6.45, 7) is 9.35. The highest BCUT2D eigenvalue weighted by atomic mass is 32.1. The zero-order valence-electron chi connectivity index (χ0n) is 40.1. The molecular weight excluding hydrogens is 921 g/mol. The summed E-state index contributed by atoms with van der Waals surface area (Å²) < 4.78 is 17.8. The summed E-state index contributed by atoms with van der Waals surface area (Å²) in [5.41, 5.74) is 14.3. The maximum Gasteiger partial charge on any atom is 0.255 e. The number of aromatic hydroxyl groups is 1. The summed E-state index contributed by atoms with van der Waals surface area (Å²) in [7, 11) is 0. The molecule has 4 aromatic heterocycles. The number of amides is 2. The van der Waals surface area contributed by atoms with Crippen LogP contribution in [0.25, 0.3) is 21.7 Å². The van der Waals surface area contributed by atoms with Gasteiger partial charge in [-0.05, 0) is 86.0 Å². The first-order chi connectivity index (χ1) is 34.4. The van der Waals surface area contributed by atoms with E-state index in [4.69, 9.17) is 19.7 Å². The minimum Gasteiger partial charge on any atom is -0.507 e. The van der Waals surface area contributed by atoms with Crippen LogP contribution in [0.15, 0.2) is 89.0 Å². The molecule has 5 N–H and O–H groups in total. The molecule has 7 heterocycles. The maximum absolute atomic E-state index is 14.2. The number of ether oxygens (including phenoxy) is 2. The van der Waals surface area contributed by atoms with Crippen LogP contribution in [0.4, 0.5) is 17.2 Å². The zero-order chi connectivity index (χ0) is 49.3. The molecule has 1 saturated carbocycles. The number of nitrogens with two attached hydrogens (primary N) is 1. The number of carbonyl (C=O) groups is 2. The van der Waals surface area contributed by atoms with Gasteiger partial charge in [0, 0.05) is 73.6 Å². The smallest absolute Gasteiger partial charge is 0.255 e. The number of aliphatic hydroxyl groups is 1. The molecule has 2 aromatic carbocycles. The number of nitrogens with one attached hydrogen (secondary N) is 1. The van der Waals surface area contributed by atoms with Crippen LogP contribution < -0.4 is 30.3 Å². The monoisotopic (exact) mass is 978 g/mol. The molecule has 1 aliphatic carbocycles. The third-order valence-electron chi connectivity index (χ3n) is 14.2. The van der Waals surface area contributed by atoms with Crippen LogP contribution in [0.5, 0.6) is 17.5 Å².